The Labute approximate surface area is 194 Å². The molecule has 32 heavy (non-hydrogen) atoms. The van der Waals surface area contributed by atoms with Gasteiger partial charge < -0.3 is 10.1 Å². The van der Waals surface area contributed by atoms with E-state index in [9.17, 15) is 23.0 Å². The molecule has 0 aromatic heterocycles. The first-order valence-electron chi connectivity index (χ1n) is 8.91. The summed E-state index contributed by atoms with van der Waals surface area (Å²) in [6.07, 6.45) is 0. The van der Waals surface area contributed by atoms with Crippen molar-refractivity contribution < 1.29 is 22.5 Å². The molecule has 0 aliphatic carbocycles. The van der Waals surface area contributed by atoms with Gasteiger partial charge in [0.15, 0.2) is 0 Å². The van der Waals surface area contributed by atoms with Crippen LogP contribution in [-0.4, -0.2) is 18.9 Å². The second-order valence-electron chi connectivity index (χ2n) is 6.44. The molecule has 0 unspecified atom stereocenters. The van der Waals surface area contributed by atoms with Gasteiger partial charge in [-0.3, -0.25) is 9.35 Å². The van der Waals surface area contributed by atoms with E-state index in [1.807, 2.05) is 6.07 Å². The van der Waals surface area contributed by atoms with Crippen LogP contribution in [0.3, 0.4) is 0 Å². The molecular formula is C21H15Cl2N3O5S. The average Bonchev–Trinajstić information content (AvgIpc) is 2.72. The minimum Gasteiger partial charge on any atom is -0.456 e. The average molecular weight is 492 g/mol. The largest absolute Gasteiger partial charge is 0.456 e. The third-order valence-electron chi connectivity index (χ3n) is 4.09. The summed E-state index contributed by atoms with van der Waals surface area (Å²) in [7, 11) is -4.75. The summed E-state index contributed by atoms with van der Waals surface area (Å²) < 4.78 is 40.4. The molecule has 0 fully saturated rings. The van der Waals surface area contributed by atoms with E-state index in [0.717, 1.165) is 0 Å². The number of halogens is 2. The molecule has 0 spiro atoms. The van der Waals surface area contributed by atoms with E-state index in [1.54, 1.807) is 6.07 Å². The fraction of sp³-hybridized carbons (Fsp3) is 0.0476. The van der Waals surface area contributed by atoms with Crippen LogP contribution in [0, 0.1) is 11.3 Å². The summed E-state index contributed by atoms with van der Waals surface area (Å²) in [6, 6.07) is 16.2. The van der Waals surface area contributed by atoms with Crippen molar-refractivity contribution in [2.24, 2.45) is 0 Å². The van der Waals surface area contributed by atoms with Crippen molar-refractivity contribution in [3.63, 3.8) is 0 Å². The third kappa shape index (κ3) is 5.49. The first-order valence-corrected chi connectivity index (χ1v) is 11.1. The van der Waals surface area contributed by atoms with Crippen LogP contribution in [0.15, 0.2) is 60.7 Å². The molecule has 8 nitrogen and oxygen atoms in total. The Morgan fingerprint density at radius 3 is 2.25 bits per heavy atom. The minimum absolute atomic E-state index is 0.00202. The molecule has 0 saturated carbocycles. The van der Waals surface area contributed by atoms with Gasteiger partial charge in [-0.15, -0.1) is 0 Å². The second-order valence-corrected chi connectivity index (χ2v) is 8.52. The lowest BCUT2D eigenvalue weighted by molar-refractivity contribution is -0.114. The van der Waals surface area contributed by atoms with Gasteiger partial charge in [-0.05, 0) is 54.6 Å². The van der Waals surface area contributed by atoms with Crippen molar-refractivity contribution in [3.05, 3.63) is 76.3 Å². The summed E-state index contributed by atoms with van der Waals surface area (Å²) in [6.45, 7) is 1.34. The number of rotatable bonds is 6. The number of hydrogen-bond acceptors (Lipinski definition) is 5. The Kier molecular flexibility index (Phi) is 6.91. The number of nitriles is 1. The molecule has 0 aliphatic rings. The maximum Gasteiger partial charge on any atom is 0.364 e. The molecule has 3 aromatic carbocycles. The van der Waals surface area contributed by atoms with Crippen LogP contribution in [0.25, 0.3) is 0 Å². The van der Waals surface area contributed by atoms with E-state index in [-0.39, 0.29) is 33.6 Å². The standard InChI is InChI=1S/C21H15Cl2N3O5S/c1-13(27)25-15-2-4-16(5-3-15)26(32(28,29)30)17-6-9-21(14(10-17)12-24)31-18-7-8-19(22)20(23)11-18/h2-11H,1H3,(H,25,27)(H,28,29,30). The molecule has 0 atom stereocenters. The lowest BCUT2D eigenvalue weighted by Crippen LogP contribution is -2.25. The molecule has 3 aromatic rings. The van der Waals surface area contributed by atoms with Crippen LogP contribution in [0.1, 0.15) is 12.5 Å². The second kappa shape index (κ2) is 9.46. The number of hydrogen-bond donors (Lipinski definition) is 2. The zero-order chi connectivity index (χ0) is 23.5. The highest BCUT2D eigenvalue weighted by Crippen LogP contribution is 2.35. The Bertz CT molecular complexity index is 1320. The van der Waals surface area contributed by atoms with Crippen LogP contribution < -0.4 is 14.4 Å². The summed E-state index contributed by atoms with van der Waals surface area (Å²) in [4.78, 5) is 11.2. The van der Waals surface area contributed by atoms with E-state index in [2.05, 4.69) is 5.32 Å². The highest BCUT2D eigenvalue weighted by Gasteiger charge is 2.23. The molecule has 0 aliphatic heterocycles. The van der Waals surface area contributed by atoms with Gasteiger partial charge in [0.2, 0.25) is 5.91 Å². The predicted octanol–water partition coefficient (Wildman–Crippen LogP) is 5.56. The smallest absolute Gasteiger partial charge is 0.364 e. The van der Waals surface area contributed by atoms with E-state index < -0.39 is 10.3 Å². The monoisotopic (exact) mass is 491 g/mol. The van der Waals surface area contributed by atoms with Gasteiger partial charge in [0.05, 0.1) is 27.0 Å². The van der Waals surface area contributed by atoms with Gasteiger partial charge in [0, 0.05) is 18.7 Å². The van der Waals surface area contributed by atoms with Crippen LogP contribution in [-0.2, 0) is 15.1 Å². The summed E-state index contributed by atoms with van der Waals surface area (Å²) >= 11 is 11.9. The van der Waals surface area contributed by atoms with Crippen molar-refractivity contribution >= 4 is 56.5 Å². The van der Waals surface area contributed by atoms with Crippen molar-refractivity contribution in [2.75, 3.05) is 9.62 Å². The molecular weight excluding hydrogens is 477 g/mol. The van der Waals surface area contributed by atoms with Gasteiger partial charge in [0.25, 0.3) is 0 Å². The summed E-state index contributed by atoms with van der Waals surface area (Å²) in [5.74, 6) is 0.176. The van der Waals surface area contributed by atoms with Gasteiger partial charge in [-0.2, -0.15) is 13.7 Å². The van der Waals surface area contributed by atoms with Crippen LogP contribution in [0.2, 0.25) is 10.0 Å². The normalized spacial score (nSPS) is 10.8. The highest BCUT2D eigenvalue weighted by molar-refractivity contribution is 7.87. The van der Waals surface area contributed by atoms with E-state index in [4.69, 9.17) is 27.9 Å². The predicted molar refractivity (Wildman–Crippen MR) is 122 cm³/mol. The highest BCUT2D eigenvalue weighted by atomic mass is 35.5. The van der Waals surface area contributed by atoms with Crippen molar-refractivity contribution in [1.29, 1.82) is 5.26 Å². The molecule has 164 valence electrons. The minimum atomic E-state index is -4.75. The summed E-state index contributed by atoms with van der Waals surface area (Å²) in [5, 5.41) is 12.7. The van der Waals surface area contributed by atoms with Crippen LogP contribution in [0.5, 0.6) is 11.5 Å². The van der Waals surface area contributed by atoms with Crippen LogP contribution >= 0.6 is 23.2 Å². The number of anilines is 3. The van der Waals surface area contributed by atoms with Gasteiger partial charge >= 0.3 is 10.3 Å². The van der Waals surface area contributed by atoms with Crippen molar-refractivity contribution in [2.45, 2.75) is 6.92 Å². The number of carbonyl (C=O) groups is 1. The first kappa shape index (κ1) is 23.4. The number of nitrogens with one attached hydrogen (secondary N) is 1. The van der Waals surface area contributed by atoms with Crippen LogP contribution in [0.4, 0.5) is 17.1 Å². The number of nitrogens with zero attached hydrogens (tertiary/aromatic N) is 2. The quantitative estimate of drug-likeness (QED) is 0.435. The maximum absolute atomic E-state index is 12.1. The Morgan fingerprint density at radius 1 is 1.03 bits per heavy atom. The molecule has 0 bridgehead atoms. The van der Waals surface area contributed by atoms with Crippen molar-refractivity contribution in [1.82, 2.24) is 0 Å². The summed E-state index contributed by atoms with van der Waals surface area (Å²) in [5.41, 5.74) is 0.540. The Morgan fingerprint density at radius 2 is 1.69 bits per heavy atom. The van der Waals surface area contributed by atoms with Gasteiger partial charge in [-0.25, -0.2) is 4.31 Å². The molecule has 1 amide bonds. The van der Waals surface area contributed by atoms with E-state index >= 15 is 0 Å². The molecule has 11 heteroatoms. The lowest BCUT2D eigenvalue weighted by Gasteiger charge is -2.22. The Balaban J connectivity index is 1.98. The molecule has 0 radical (unpaired) electrons. The number of ether oxygens (including phenoxy) is 1. The fourth-order valence-electron chi connectivity index (χ4n) is 2.79. The van der Waals surface area contributed by atoms with Crippen molar-refractivity contribution in [3.8, 4) is 17.6 Å². The van der Waals surface area contributed by atoms with Gasteiger partial charge in [-0.1, -0.05) is 23.2 Å². The van der Waals surface area contributed by atoms with Gasteiger partial charge in [0.1, 0.15) is 17.6 Å². The Hall–Kier alpha value is -3.29. The maximum atomic E-state index is 12.1. The molecule has 0 saturated heterocycles. The topological polar surface area (TPSA) is 120 Å². The SMILES string of the molecule is CC(=O)Nc1ccc(N(c2ccc(Oc3ccc(Cl)c(Cl)c3)c(C#N)c2)S(=O)(=O)O)cc1. The molecule has 0 heterocycles. The number of carbonyl (C=O) groups excluding carboxylic acids is 1. The zero-order valence-electron chi connectivity index (χ0n) is 16.4. The lowest BCUT2D eigenvalue weighted by atomic mass is 10.2. The number of amides is 1. The first-order chi connectivity index (χ1) is 15.1. The van der Waals surface area contributed by atoms with E-state index in [0.29, 0.717) is 20.8 Å². The number of benzene rings is 3. The van der Waals surface area contributed by atoms with E-state index in [1.165, 1.54) is 61.5 Å². The zero-order valence-corrected chi connectivity index (χ0v) is 18.7. The molecule has 2 N–H and O–H groups in total. The fourth-order valence-corrected chi connectivity index (χ4v) is 3.84. The molecule has 3 rings (SSSR count). The third-order valence-corrected chi connectivity index (χ3v) is 5.71.